The molecule has 1 aliphatic heterocycles. The van der Waals surface area contributed by atoms with Crippen LogP contribution >= 0.6 is 0 Å². The summed E-state index contributed by atoms with van der Waals surface area (Å²) in [5, 5.41) is 5.11. The number of nitrogens with two attached hydrogens (primary N) is 1. The van der Waals surface area contributed by atoms with Gasteiger partial charge >= 0.3 is 0 Å². The van der Waals surface area contributed by atoms with Crippen molar-refractivity contribution in [1.29, 1.82) is 0 Å². The van der Waals surface area contributed by atoms with Crippen molar-refractivity contribution in [2.24, 2.45) is 11.1 Å². The molecule has 2 unspecified atom stereocenters. The van der Waals surface area contributed by atoms with Gasteiger partial charge in [0.2, 0.25) is 10.0 Å². The summed E-state index contributed by atoms with van der Waals surface area (Å²) in [5.41, 5.74) is 1.18. The largest absolute Gasteiger partial charge is 0.336 e. The van der Waals surface area contributed by atoms with E-state index in [1.54, 1.807) is 13.0 Å². The molecule has 1 fully saturated rings. The molecule has 0 saturated carbocycles. The first-order chi connectivity index (χ1) is 9.71. The second-order valence-corrected chi connectivity index (χ2v) is 7.44. The number of piperidine rings is 1. The SMILES string of the molecule is Cc1cc(S(N)(=O)=O)ccc1C(=O)N1CCCC(C)C1C. The van der Waals surface area contributed by atoms with Crippen molar-refractivity contribution >= 4 is 15.9 Å². The van der Waals surface area contributed by atoms with E-state index in [-0.39, 0.29) is 16.8 Å². The molecule has 1 aromatic rings. The third-order valence-corrected chi connectivity index (χ3v) is 5.30. The fraction of sp³-hybridized carbons (Fsp3) is 0.533. The number of aryl methyl sites for hydroxylation is 1. The van der Waals surface area contributed by atoms with Crippen molar-refractivity contribution < 1.29 is 13.2 Å². The van der Waals surface area contributed by atoms with Gasteiger partial charge in [0.15, 0.2) is 0 Å². The van der Waals surface area contributed by atoms with Gasteiger partial charge in [-0.15, -0.1) is 0 Å². The first kappa shape index (κ1) is 16.0. The van der Waals surface area contributed by atoms with E-state index in [4.69, 9.17) is 5.14 Å². The minimum atomic E-state index is -3.74. The summed E-state index contributed by atoms with van der Waals surface area (Å²) in [6, 6.07) is 4.61. The second kappa shape index (κ2) is 5.77. The number of hydrogen-bond donors (Lipinski definition) is 1. The number of likely N-dealkylation sites (tertiary alicyclic amines) is 1. The number of carbonyl (C=O) groups excluding carboxylic acids is 1. The Kier molecular flexibility index (Phi) is 4.39. The van der Waals surface area contributed by atoms with Gasteiger partial charge in [-0.1, -0.05) is 6.92 Å². The predicted molar refractivity (Wildman–Crippen MR) is 81.4 cm³/mol. The number of sulfonamides is 1. The Morgan fingerprint density at radius 3 is 2.57 bits per heavy atom. The van der Waals surface area contributed by atoms with E-state index < -0.39 is 10.0 Å². The number of nitrogens with zero attached hydrogens (tertiary/aromatic N) is 1. The zero-order chi connectivity index (χ0) is 15.8. The quantitative estimate of drug-likeness (QED) is 0.906. The van der Waals surface area contributed by atoms with Gasteiger partial charge in [0.05, 0.1) is 4.90 Å². The molecule has 2 rings (SSSR count). The normalized spacial score (nSPS) is 23.1. The summed E-state index contributed by atoms with van der Waals surface area (Å²) in [6.07, 6.45) is 2.14. The van der Waals surface area contributed by atoms with Crippen LogP contribution in [0.25, 0.3) is 0 Å². The first-order valence-corrected chi connectivity index (χ1v) is 8.71. The molecule has 1 heterocycles. The van der Waals surface area contributed by atoms with E-state index >= 15 is 0 Å². The van der Waals surface area contributed by atoms with Crippen LogP contribution in [0, 0.1) is 12.8 Å². The number of amides is 1. The second-order valence-electron chi connectivity index (χ2n) is 5.88. The molecule has 1 aliphatic rings. The van der Waals surface area contributed by atoms with Gasteiger partial charge < -0.3 is 4.90 Å². The lowest BCUT2D eigenvalue weighted by atomic mass is 9.91. The number of benzene rings is 1. The molecule has 1 aromatic carbocycles. The molecule has 2 atom stereocenters. The minimum Gasteiger partial charge on any atom is -0.336 e. The highest BCUT2D eigenvalue weighted by Crippen LogP contribution is 2.25. The van der Waals surface area contributed by atoms with Crippen LogP contribution in [0.2, 0.25) is 0 Å². The summed E-state index contributed by atoms with van der Waals surface area (Å²) in [7, 11) is -3.74. The molecule has 21 heavy (non-hydrogen) atoms. The Morgan fingerprint density at radius 1 is 1.33 bits per heavy atom. The molecular weight excluding hydrogens is 288 g/mol. The highest BCUT2D eigenvalue weighted by Gasteiger charge is 2.29. The number of carbonyl (C=O) groups is 1. The summed E-state index contributed by atoms with van der Waals surface area (Å²) in [4.78, 5) is 14.6. The number of hydrogen-bond acceptors (Lipinski definition) is 3. The Labute approximate surface area is 126 Å². The lowest BCUT2D eigenvalue weighted by molar-refractivity contribution is 0.0550. The fourth-order valence-electron chi connectivity index (χ4n) is 2.83. The van der Waals surface area contributed by atoms with E-state index in [1.165, 1.54) is 12.1 Å². The highest BCUT2D eigenvalue weighted by atomic mass is 32.2. The van der Waals surface area contributed by atoms with Gasteiger partial charge in [-0.05, 0) is 56.4 Å². The van der Waals surface area contributed by atoms with Gasteiger partial charge in [0.25, 0.3) is 5.91 Å². The maximum atomic E-state index is 12.7. The molecule has 6 heteroatoms. The Morgan fingerprint density at radius 2 is 2.00 bits per heavy atom. The summed E-state index contributed by atoms with van der Waals surface area (Å²) < 4.78 is 22.7. The van der Waals surface area contributed by atoms with Crippen molar-refractivity contribution in [2.45, 2.75) is 44.6 Å². The van der Waals surface area contributed by atoms with Crippen LogP contribution in [0.3, 0.4) is 0 Å². The van der Waals surface area contributed by atoms with Crippen LogP contribution in [0.5, 0.6) is 0 Å². The Hall–Kier alpha value is -1.40. The smallest absolute Gasteiger partial charge is 0.254 e. The van der Waals surface area contributed by atoms with Gasteiger partial charge in [-0.25, -0.2) is 13.6 Å². The Bertz CT molecular complexity index is 655. The van der Waals surface area contributed by atoms with Crippen molar-refractivity contribution in [3.63, 3.8) is 0 Å². The molecule has 1 amide bonds. The third kappa shape index (κ3) is 3.27. The standard InChI is InChI=1S/C15H22N2O3S/c1-10-5-4-8-17(12(10)3)15(18)14-7-6-13(9-11(14)2)21(16,19)20/h6-7,9-10,12H,4-5,8H2,1-3H3,(H2,16,19,20). The van der Waals surface area contributed by atoms with Crippen LogP contribution in [0.4, 0.5) is 0 Å². The number of rotatable bonds is 2. The first-order valence-electron chi connectivity index (χ1n) is 7.16. The molecule has 5 nitrogen and oxygen atoms in total. The van der Waals surface area contributed by atoms with Crippen LogP contribution in [0.15, 0.2) is 23.1 Å². The molecule has 1 saturated heterocycles. The van der Waals surface area contributed by atoms with E-state index in [9.17, 15) is 13.2 Å². The highest BCUT2D eigenvalue weighted by molar-refractivity contribution is 7.89. The van der Waals surface area contributed by atoms with Crippen molar-refractivity contribution in [3.8, 4) is 0 Å². The predicted octanol–water partition coefficient (Wildman–Crippen LogP) is 1.90. The average Bonchev–Trinajstić information content (AvgIpc) is 2.40. The third-order valence-electron chi connectivity index (χ3n) is 4.39. The maximum Gasteiger partial charge on any atom is 0.254 e. The molecule has 0 aromatic heterocycles. The molecule has 0 bridgehead atoms. The molecule has 0 aliphatic carbocycles. The molecule has 0 spiro atoms. The van der Waals surface area contributed by atoms with E-state index in [1.807, 2.05) is 4.90 Å². The molecule has 116 valence electrons. The van der Waals surface area contributed by atoms with Crippen LogP contribution < -0.4 is 5.14 Å². The van der Waals surface area contributed by atoms with Gasteiger partial charge in [0.1, 0.15) is 0 Å². The van der Waals surface area contributed by atoms with Gasteiger partial charge in [-0.2, -0.15) is 0 Å². The van der Waals surface area contributed by atoms with Crippen LogP contribution in [0.1, 0.15) is 42.6 Å². The Balaban J connectivity index is 2.32. The molecular formula is C15H22N2O3S. The lowest BCUT2D eigenvalue weighted by Gasteiger charge is -2.38. The average molecular weight is 310 g/mol. The zero-order valence-electron chi connectivity index (χ0n) is 12.7. The lowest BCUT2D eigenvalue weighted by Crippen LogP contribution is -2.46. The summed E-state index contributed by atoms with van der Waals surface area (Å²) >= 11 is 0. The van der Waals surface area contributed by atoms with E-state index in [0.717, 1.165) is 19.4 Å². The molecule has 2 N–H and O–H groups in total. The topological polar surface area (TPSA) is 80.5 Å². The van der Waals surface area contributed by atoms with Crippen molar-refractivity contribution in [3.05, 3.63) is 29.3 Å². The zero-order valence-corrected chi connectivity index (χ0v) is 13.5. The minimum absolute atomic E-state index is 0.0347. The van der Waals surface area contributed by atoms with Crippen molar-refractivity contribution in [2.75, 3.05) is 6.54 Å². The maximum absolute atomic E-state index is 12.7. The number of primary sulfonamides is 1. The molecule has 0 radical (unpaired) electrons. The fourth-order valence-corrected chi connectivity index (χ4v) is 3.43. The van der Waals surface area contributed by atoms with Crippen LogP contribution in [-0.2, 0) is 10.0 Å². The van der Waals surface area contributed by atoms with E-state index in [0.29, 0.717) is 17.0 Å². The van der Waals surface area contributed by atoms with Gasteiger partial charge in [0, 0.05) is 18.2 Å². The van der Waals surface area contributed by atoms with Crippen LogP contribution in [-0.4, -0.2) is 31.8 Å². The van der Waals surface area contributed by atoms with Gasteiger partial charge in [-0.3, -0.25) is 4.79 Å². The summed E-state index contributed by atoms with van der Waals surface area (Å²) in [6.45, 7) is 6.71. The monoisotopic (exact) mass is 310 g/mol. The summed E-state index contributed by atoms with van der Waals surface area (Å²) in [5.74, 6) is 0.444. The van der Waals surface area contributed by atoms with Crippen molar-refractivity contribution in [1.82, 2.24) is 4.90 Å². The van der Waals surface area contributed by atoms with E-state index in [2.05, 4.69) is 13.8 Å².